The van der Waals surface area contributed by atoms with Crippen molar-refractivity contribution in [2.24, 2.45) is 0 Å². The molecule has 0 unspecified atom stereocenters. The molecule has 0 radical (unpaired) electrons. The van der Waals surface area contributed by atoms with Crippen molar-refractivity contribution >= 4 is 29.1 Å². The van der Waals surface area contributed by atoms with E-state index in [1.165, 1.54) is 17.1 Å². The van der Waals surface area contributed by atoms with Gasteiger partial charge in [-0.05, 0) is 12.1 Å². The predicted molar refractivity (Wildman–Crippen MR) is 85.8 cm³/mol. The molecule has 0 saturated carbocycles. The zero-order valence-corrected chi connectivity index (χ0v) is 13.0. The number of hydrogen-bond acceptors (Lipinski definition) is 4. The zero-order valence-electron chi connectivity index (χ0n) is 12.2. The van der Waals surface area contributed by atoms with Crippen LogP contribution in [0, 0.1) is 0 Å². The maximum atomic E-state index is 12.2. The summed E-state index contributed by atoms with van der Waals surface area (Å²) < 4.78 is 1.56. The van der Waals surface area contributed by atoms with Crippen LogP contribution in [0.5, 0.6) is 0 Å². The summed E-state index contributed by atoms with van der Waals surface area (Å²) in [5.41, 5.74) is 1.94. The standard InChI is InChI=1S/C16H13ClN4O2/c1-3-11-12(4-2)16(23)20(15(11)22)8-7-10-9-21-14(18-10)6-5-13(17)19-21/h3-6,9H,1-2,7-8H2. The van der Waals surface area contributed by atoms with Gasteiger partial charge in [0.2, 0.25) is 0 Å². The lowest BCUT2D eigenvalue weighted by Gasteiger charge is -2.13. The molecule has 0 N–H and O–H groups in total. The Bertz CT molecular complexity index is 851. The minimum absolute atomic E-state index is 0.226. The number of hydrogen-bond donors (Lipinski definition) is 0. The number of fused-ring (bicyclic) bond motifs is 1. The SMILES string of the molecule is C=CC1=C(C=C)C(=O)N(CCc2cn3nc(Cl)ccc3n2)C1=O. The molecule has 0 saturated heterocycles. The van der Waals surface area contributed by atoms with Crippen molar-refractivity contribution in [3.8, 4) is 0 Å². The molecule has 7 heteroatoms. The number of halogens is 1. The Morgan fingerprint density at radius 3 is 2.39 bits per heavy atom. The Balaban J connectivity index is 1.78. The fraction of sp³-hybridized carbons (Fsp3) is 0.125. The van der Waals surface area contributed by atoms with E-state index in [-0.39, 0.29) is 29.5 Å². The van der Waals surface area contributed by atoms with Gasteiger partial charge in [-0.1, -0.05) is 36.9 Å². The quantitative estimate of drug-likeness (QED) is 0.787. The first-order valence-corrected chi connectivity index (χ1v) is 7.29. The summed E-state index contributed by atoms with van der Waals surface area (Å²) in [5.74, 6) is -0.713. The number of rotatable bonds is 5. The summed E-state index contributed by atoms with van der Waals surface area (Å²) in [4.78, 5) is 30.0. The van der Waals surface area contributed by atoms with Crippen LogP contribution in [0.4, 0.5) is 0 Å². The van der Waals surface area contributed by atoms with Gasteiger partial charge in [-0.3, -0.25) is 14.5 Å². The van der Waals surface area contributed by atoms with Crippen molar-refractivity contribution < 1.29 is 9.59 Å². The summed E-state index contributed by atoms with van der Waals surface area (Å²) in [5, 5.41) is 4.46. The van der Waals surface area contributed by atoms with Crippen LogP contribution in [0.3, 0.4) is 0 Å². The Morgan fingerprint density at radius 1 is 1.13 bits per heavy atom. The molecule has 0 spiro atoms. The average Bonchev–Trinajstić information content (AvgIpc) is 3.03. The fourth-order valence-corrected chi connectivity index (χ4v) is 2.61. The van der Waals surface area contributed by atoms with Crippen molar-refractivity contribution in [3.05, 3.63) is 65.6 Å². The second-order valence-electron chi connectivity index (χ2n) is 4.94. The van der Waals surface area contributed by atoms with Gasteiger partial charge in [0.15, 0.2) is 5.65 Å². The van der Waals surface area contributed by atoms with E-state index in [1.54, 1.807) is 22.8 Å². The molecule has 2 amide bonds. The molecule has 0 aromatic carbocycles. The van der Waals surface area contributed by atoms with E-state index in [9.17, 15) is 9.59 Å². The van der Waals surface area contributed by atoms with Crippen LogP contribution in [0.15, 0.2) is 54.8 Å². The normalized spacial score (nSPS) is 14.9. The molecule has 0 atom stereocenters. The molecular weight excluding hydrogens is 316 g/mol. The highest BCUT2D eigenvalue weighted by atomic mass is 35.5. The molecule has 6 nitrogen and oxygen atoms in total. The molecule has 116 valence electrons. The van der Waals surface area contributed by atoms with Crippen LogP contribution in [-0.4, -0.2) is 37.9 Å². The van der Waals surface area contributed by atoms with E-state index >= 15 is 0 Å². The molecule has 3 heterocycles. The maximum absolute atomic E-state index is 12.2. The topological polar surface area (TPSA) is 67.6 Å². The van der Waals surface area contributed by atoms with Crippen molar-refractivity contribution in [2.75, 3.05) is 6.54 Å². The van der Waals surface area contributed by atoms with Crippen LogP contribution in [0.2, 0.25) is 5.15 Å². The lowest BCUT2D eigenvalue weighted by Crippen LogP contribution is -2.33. The molecular formula is C16H13ClN4O2. The van der Waals surface area contributed by atoms with E-state index in [4.69, 9.17) is 11.6 Å². The van der Waals surface area contributed by atoms with Gasteiger partial charge in [0.25, 0.3) is 11.8 Å². The minimum atomic E-state index is -0.357. The third-order valence-corrected chi connectivity index (χ3v) is 3.78. The van der Waals surface area contributed by atoms with Gasteiger partial charge in [0, 0.05) is 13.0 Å². The molecule has 2 aromatic rings. The monoisotopic (exact) mass is 328 g/mol. The first kappa shape index (κ1) is 15.2. The Hall–Kier alpha value is -2.73. The van der Waals surface area contributed by atoms with Crippen LogP contribution in [-0.2, 0) is 16.0 Å². The van der Waals surface area contributed by atoms with Crippen LogP contribution in [0.25, 0.3) is 5.65 Å². The molecule has 1 aliphatic heterocycles. The van der Waals surface area contributed by atoms with E-state index < -0.39 is 0 Å². The van der Waals surface area contributed by atoms with Gasteiger partial charge in [0.05, 0.1) is 23.0 Å². The highest BCUT2D eigenvalue weighted by Gasteiger charge is 2.34. The first-order valence-electron chi connectivity index (χ1n) is 6.91. The summed E-state index contributed by atoms with van der Waals surface area (Å²) in [6, 6.07) is 3.40. The largest absolute Gasteiger partial charge is 0.274 e. The van der Waals surface area contributed by atoms with Gasteiger partial charge in [-0.15, -0.1) is 0 Å². The highest BCUT2D eigenvalue weighted by Crippen LogP contribution is 2.22. The first-order chi connectivity index (χ1) is 11.0. The second-order valence-corrected chi connectivity index (χ2v) is 5.33. The predicted octanol–water partition coefficient (Wildman–Crippen LogP) is 1.96. The highest BCUT2D eigenvalue weighted by molar-refractivity contribution is 6.29. The number of nitrogens with zero attached hydrogens (tertiary/aromatic N) is 4. The Labute approximate surface area is 137 Å². The van der Waals surface area contributed by atoms with Gasteiger partial charge in [0.1, 0.15) is 5.15 Å². The molecule has 0 fully saturated rings. The fourth-order valence-electron chi connectivity index (χ4n) is 2.47. The van der Waals surface area contributed by atoms with E-state index in [0.29, 0.717) is 22.9 Å². The number of carbonyl (C=O) groups is 2. The third-order valence-electron chi connectivity index (χ3n) is 3.58. The van der Waals surface area contributed by atoms with E-state index in [2.05, 4.69) is 23.2 Å². The van der Waals surface area contributed by atoms with E-state index in [0.717, 1.165) is 0 Å². The van der Waals surface area contributed by atoms with Crippen molar-refractivity contribution in [1.29, 1.82) is 0 Å². The van der Waals surface area contributed by atoms with Gasteiger partial charge in [-0.2, -0.15) is 5.10 Å². The van der Waals surface area contributed by atoms with Crippen LogP contribution >= 0.6 is 11.6 Å². The number of carbonyl (C=O) groups excluding carboxylic acids is 2. The zero-order chi connectivity index (χ0) is 16.6. The molecule has 1 aliphatic rings. The third kappa shape index (κ3) is 2.57. The minimum Gasteiger partial charge on any atom is -0.274 e. The van der Waals surface area contributed by atoms with Gasteiger partial charge >= 0.3 is 0 Å². The molecule has 0 aliphatic carbocycles. The Morgan fingerprint density at radius 2 is 1.78 bits per heavy atom. The van der Waals surface area contributed by atoms with Gasteiger partial charge < -0.3 is 0 Å². The van der Waals surface area contributed by atoms with E-state index in [1.807, 2.05) is 0 Å². The molecule has 0 bridgehead atoms. The number of imidazole rings is 1. The van der Waals surface area contributed by atoms with Crippen LogP contribution in [0.1, 0.15) is 5.69 Å². The summed E-state index contributed by atoms with van der Waals surface area (Å²) in [6.07, 6.45) is 4.91. The molecule has 2 aromatic heterocycles. The number of amides is 2. The smallest absolute Gasteiger partial charge is 0.261 e. The van der Waals surface area contributed by atoms with Crippen molar-refractivity contribution in [3.63, 3.8) is 0 Å². The second kappa shape index (κ2) is 5.81. The Kier molecular flexibility index (Phi) is 3.83. The lowest BCUT2D eigenvalue weighted by molar-refractivity contribution is -0.137. The number of aromatic nitrogens is 3. The summed E-state index contributed by atoms with van der Waals surface area (Å²) in [6.45, 7) is 7.37. The summed E-state index contributed by atoms with van der Waals surface area (Å²) in [7, 11) is 0. The molecule has 23 heavy (non-hydrogen) atoms. The van der Waals surface area contributed by atoms with Crippen LogP contribution < -0.4 is 0 Å². The van der Waals surface area contributed by atoms with Gasteiger partial charge in [-0.25, -0.2) is 9.50 Å². The average molecular weight is 329 g/mol. The van der Waals surface area contributed by atoms with Crippen molar-refractivity contribution in [2.45, 2.75) is 6.42 Å². The molecule has 3 rings (SSSR count). The summed E-state index contributed by atoms with van der Waals surface area (Å²) >= 11 is 5.83. The number of imide groups is 1. The lowest BCUT2D eigenvalue weighted by atomic mass is 10.1. The van der Waals surface area contributed by atoms with Crippen molar-refractivity contribution in [1.82, 2.24) is 19.5 Å². The maximum Gasteiger partial charge on any atom is 0.261 e.